The molecule has 142 valence electrons. The van der Waals surface area contributed by atoms with Gasteiger partial charge < -0.3 is 15.7 Å². The first-order chi connectivity index (χ1) is 13.8. The highest BCUT2D eigenvalue weighted by atomic mass is 35.5. The smallest absolute Gasteiger partial charge is 0.148 e. The number of fused-ring (bicyclic) bond motifs is 1. The van der Waals surface area contributed by atoms with E-state index in [4.69, 9.17) is 16.7 Å². The number of anilines is 2. The maximum Gasteiger partial charge on any atom is 0.148 e. The van der Waals surface area contributed by atoms with Gasteiger partial charge in [-0.05, 0) is 29.1 Å². The number of nitrogens with zero attached hydrogens (tertiary/aromatic N) is 1. The number of hydrogen-bond donors (Lipinski definition) is 3. The first-order valence-corrected chi connectivity index (χ1v) is 10.3. The van der Waals surface area contributed by atoms with Crippen LogP contribution in [-0.2, 0) is 6.54 Å². The summed E-state index contributed by atoms with van der Waals surface area (Å²) in [4.78, 5) is 5.73. The Bertz CT molecular complexity index is 1080. The van der Waals surface area contributed by atoms with Crippen LogP contribution in [0.3, 0.4) is 0 Å². The molecule has 0 unspecified atom stereocenters. The number of halogens is 1. The molecule has 4 aromatic rings. The van der Waals surface area contributed by atoms with Crippen molar-refractivity contribution in [2.45, 2.75) is 6.54 Å². The van der Waals surface area contributed by atoms with E-state index < -0.39 is 0 Å². The maximum atomic E-state index is 8.93. The summed E-state index contributed by atoms with van der Waals surface area (Å²) in [7, 11) is 0. The highest BCUT2D eigenvalue weighted by molar-refractivity contribution is 7.19. The zero-order valence-electron chi connectivity index (χ0n) is 15.2. The second-order valence-corrected chi connectivity index (χ2v) is 7.86. The van der Waals surface area contributed by atoms with Gasteiger partial charge in [0.05, 0.1) is 22.0 Å². The third-order valence-corrected chi connectivity index (χ3v) is 5.97. The van der Waals surface area contributed by atoms with Crippen LogP contribution in [0.2, 0.25) is 5.02 Å². The Kier molecular flexibility index (Phi) is 5.88. The van der Waals surface area contributed by atoms with Gasteiger partial charge in [-0.2, -0.15) is 0 Å². The molecule has 0 bridgehead atoms. The minimum Gasteiger partial charge on any atom is -0.395 e. The molecular weight excluding hydrogens is 390 g/mol. The number of rotatable bonds is 7. The van der Waals surface area contributed by atoms with E-state index in [1.165, 1.54) is 4.88 Å². The van der Waals surface area contributed by atoms with Crippen molar-refractivity contribution in [3.8, 4) is 11.1 Å². The molecule has 0 aliphatic heterocycles. The lowest BCUT2D eigenvalue weighted by Crippen LogP contribution is -2.16. The Hall–Kier alpha value is -2.44. The van der Waals surface area contributed by atoms with Crippen molar-refractivity contribution in [1.82, 2.24) is 10.3 Å². The molecule has 4 nitrogen and oxygen atoms in total. The van der Waals surface area contributed by atoms with Gasteiger partial charge in [0.15, 0.2) is 0 Å². The zero-order chi connectivity index (χ0) is 19.3. The largest absolute Gasteiger partial charge is 0.395 e. The van der Waals surface area contributed by atoms with Gasteiger partial charge in [-0.25, -0.2) is 4.98 Å². The average molecular weight is 410 g/mol. The minimum atomic E-state index is 0.134. The lowest BCUT2D eigenvalue weighted by molar-refractivity contribution is 0.292. The van der Waals surface area contributed by atoms with Gasteiger partial charge in [-0.15, -0.1) is 11.3 Å². The fourth-order valence-electron chi connectivity index (χ4n) is 3.08. The SMILES string of the molecule is OCCNCc1cc2ccnc(Nc3cccc(-c4ccccc4)c3Cl)c2s1. The summed E-state index contributed by atoms with van der Waals surface area (Å²) < 4.78 is 1.09. The van der Waals surface area contributed by atoms with Gasteiger partial charge >= 0.3 is 0 Å². The van der Waals surface area contributed by atoms with Gasteiger partial charge in [0, 0.05) is 29.7 Å². The number of aliphatic hydroxyl groups excluding tert-OH is 1. The van der Waals surface area contributed by atoms with Gasteiger partial charge in [0.1, 0.15) is 5.82 Å². The number of nitrogens with one attached hydrogen (secondary N) is 2. The lowest BCUT2D eigenvalue weighted by Gasteiger charge is -2.12. The second kappa shape index (κ2) is 8.71. The van der Waals surface area contributed by atoms with Crippen LogP contribution in [0.15, 0.2) is 66.9 Å². The third kappa shape index (κ3) is 4.03. The molecule has 3 N–H and O–H groups in total. The second-order valence-electron chi connectivity index (χ2n) is 6.35. The van der Waals surface area contributed by atoms with Crippen LogP contribution in [0.1, 0.15) is 4.88 Å². The number of hydrogen-bond acceptors (Lipinski definition) is 5. The number of aliphatic hydroxyl groups is 1. The average Bonchev–Trinajstić information content (AvgIpc) is 3.14. The van der Waals surface area contributed by atoms with E-state index in [2.05, 4.69) is 33.8 Å². The van der Waals surface area contributed by atoms with Crippen molar-refractivity contribution < 1.29 is 5.11 Å². The van der Waals surface area contributed by atoms with Crippen LogP contribution in [0, 0.1) is 0 Å². The monoisotopic (exact) mass is 409 g/mol. The standard InChI is InChI=1S/C22H20ClN3OS/c23-20-18(15-5-2-1-3-6-15)7-4-8-19(20)26-22-21-16(9-10-25-22)13-17(28-21)14-24-11-12-27/h1-10,13,24,27H,11-12,14H2,(H,25,26). The van der Waals surface area contributed by atoms with Crippen LogP contribution < -0.4 is 10.6 Å². The van der Waals surface area contributed by atoms with Crippen LogP contribution in [0.4, 0.5) is 11.5 Å². The van der Waals surface area contributed by atoms with Gasteiger partial charge in [-0.3, -0.25) is 0 Å². The number of pyridine rings is 1. The molecule has 4 rings (SSSR count). The van der Waals surface area contributed by atoms with Crippen molar-refractivity contribution in [1.29, 1.82) is 0 Å². The molecule has 0 saturated carbocycles. The summed E-state index contributed by atoms with van der Waals surface area (Å²) in [6, 6.07) is 20.2. The van der Waals surface area contributed by atoms with Crippen molar-refractivity contribution in [2.75, 3.05) is 18.5 Å². The van der Waals surface area contributed by atoms with Crippen LogP contribution in [0.25, 0.3) is 21.2 Å². The summed E-state index contributed by atoms with van der Waals surface area (Å²) in [6.07, 6.45) is 1.80. The normalized spacial score (nSPS) is 11.1. The molecule has 2 aromatic heterocycles. The number of thiophene rings is 1. The Morgan fingerprint density at radius 1 is 1.04 bits per heavy atom. The molecule has 0 spiro atoms. The molecule has 2 heterocycles. The Labute approximate surface area is 172 Å². The molecule has 0 radical (unpaired) electrons. The Morgan fingerprint density at radius 2 is 1.89 bits per heavy atom. The van der Waals surface area contributed by atoms with Crippen LogP contribution in [-0.4, -0.2) is 23.2 Å². The molecular formula is C22H20ClN3OS. The zero-order valence-corrected chi connectivity index (χ0v) is 16.7. The summed E-state index contributed by atoms with van der Waals surface area (Å²) in [6.45, 7) is 1.44. The predicted molar refractivity (Wildman–Crippen MR) is 119 cm³/mol. The highest BCUT2D eigenvalue weighted by Gasteiger charge is 2.12. The van der Waals surface area contributed by atoms with E-state index in [0.717, 1.165) is 39.3 Å². The molecule has 28 heavy (non-hydrogen) atoms. The van der Waals surface area contributed by atoms with Crippen molar-refractivity contribution in [2.24, 2.45) is 0 Å². The first-order valence-electron chi connectivity index (χ1n) is 9.06. The number of benzene rings is 2. The summed E-state index contributed by atoms with van der Waals surface area (Å²) in [5.74, 6) is 0.794. The summed E-state index contributed by atoms with van der Waals surface area (Å²) in [5, 5.41) is 17.4. The molecule has 0 atom stereocenters. The van der Waals surface area contributed by atoms with Crippen LogP contribution in [0.5, 0.6) is 0 Å². The van der Waals surface area contributed by atoms with Crippen LogP contribution >= 0.6 is 22.9 Å². The molecule has 0 amide bonds. The fraction of sp³-hybridized carbons (Fsp3) is 0.136. The third-order valence-electron chi connectivity index (χ3n) is 4.41. The van der Waals surface area contributed by atoms with Gasteiger partial charge in [-0.1, -0.05) is 54.1 Å². The van der Waals surface area contributed by atoms with E-state index in [9.17, 15) is 0 Å². The highest BCUT2D eigenvalue weighted by Crippen LogP contribution is 2.37. The molecule has 0 aliphatic carbocycles. The molecule has 0 fully saturated rings. The van der Waals surface area contributed by atoms with E-state index in [1.807, 2.05) is 42.5 Å². The molecule has 0 saturated heterocycles. The van der Waals surface area contributed by atoms with Crippen molar-refractivity contribution >= 4 is 44.5 Å². The van der Waals surface area contributed by atoms with E-state index in [0.29, 0.717) is 11.6 Å². The molecule has 0 aliphatic rings. The minimum absolute atomic E-state index is 0.134. The molecule has 2 aromatic carbocycles. The fourth-order valence-corrected chi connectivity index (χ4v) is 4.43. The summed E-state index contributed by atoms with van der Waals surface area (Å²) in [5.41, 5.74) is 2.89. The van der Waals surface area contributed by atoms with E-state index in [1.54, 1.807) is 17.5 Å². The quantitative estimate of drug-likeness (QED) is 0.355. The first kappa shape index (κ1) is 18.9. The van der Waals surface area contributed by atoms with E-state index in [-0.39, 0.29) is 6.61 Å². The number of aromatic nitrogens is 1. The van der Waals surface area contributed by atoms with Crippen molar-refractivity contribution in [3.05, 3.63) is 76.8 Å². The predicted octanol–water partition coefficient (Wildman–Crippen LogP) is 5.44. The lowest BCUT2D eigenvalue weighted by atomic mass is 10.1. The Morgan fingerprint density at radius 3 is 2.71 bits per heavy atom. The summed E-state index contributed by atoms with van der Waals surface area (Å²) >= 11 is 8.40. The topological polar surface area (TPSA) is 57.2 Å². The maximum absolute atomic E-state index is 8.93. The van der Waals surface area contributed by atoms with Gasteiger partial charge in [0.25, 0.3) is 0 Å². The Balaban J connectivity index is 1.65. The molecule has 6 heteroatoms. The van der Waals surface area contributed by atoms with E-state index >= 15 is 0 Å². The van der Waals surface area contributed by atoms with Crippen molar-refractivity contribution in [3.63, 3.8) is 0 Å². The van der Waals surface area contributed by atoms with Gasteiger partial charge in [0.2, 0.25) is 0 Å².